The first kappa shape index (κ1) is 25.0. The molecule has 2 amide bonds. The number of rotatable bonds is 6. The summed E-state index contributed by atoms with van der Waals surface area (Å²) in [4.78, 5) is 26.6. The Balaban J connectivity index is 1.54. The number of ether oxygens (including phenoxy) is 1. The number of hydrogen-bond acceptors (Lipinski definition) is 5. The molecule has 34 heavy (non-hydrogen) atoms. The summed E-state index contributed by atoms with van der Waals surface area (Å²) in [5, 5.41) is 3.18. The molecule has 1 saturated carbocycles. The Morgan fingerprint density at radius 3 is 2.38 bits per heavy atom. The van der Waals surface area contributed by atoms with E-state index >= 15 is 0 Å². The Kier molecular flexibility index (Phi) is 8.47. The van der Waals surface area contributed by atoms with Crippen molar-refractivity contribution >= 4 is 34.6 Å². The number of carbonyl (C=O) groups is 2. The molecule has 4 rings (SSSR count). The summed E-state index contributed by atoms with van der Waals surface area (Å²) in [5.41, 5.74) is 3.66. The average Bonchev–Trinajstić information content (AvgIpc) is 2.86. The molecule has 0 aromatic heterocycles. The molecule has 0 spiro atoms. The monoisotopic (exact) mass is 490 g/mol. The van der Waals surface area contributed by atoms with Crippen molar-refractivity contribution in [2.24, 2.45) is 5.92 Å². The first-order valence-corrected chi connectivity index (χ1v) is 13.8. The molecule has 1 unspecified atom stereocenters. The average molecular weight is 491 g/mol. The Morgan fingerprint density at radius 1 is 1.06 bits per heavy atom. The zero-order valence-corrected chi connectivity index (χ0v) is 20.9. The standard InChI is InChI=1S/C25H37N3O5S/c1-2-33-25(30)27-16-14-19(15-17-27)28(34(31)32)23-13-12-22(20-10-6-7-11-21(20)23)26-24(29)18-8-4-3-5-9-18/h12-13,18-19H,2-11,14-17H2,1H3,(H,26,29)(H,31,32)/p-1. The molecule has 1 N–H and O–H groups in total. The quantitative estimate of drug-likeness (QED) is 0.599. The molecule has 2 fully saturated rings. The van der Waals surface area contributed by atoms with Crippen molar-refractivity contribution in [3.63, 3.8) is 0 Å². The number of likely N-dealkylation sites (tertiary alicyclic amines) is 1. The minimum Gasteiger partial charge on any atom is -0.755 e. The molecule has 1 saturated heterocycles. The van der Waals surface area contributed by atoms with Crippen LogP contribution in [0.15, 0.2) is 12.1 Å². The lowest BCUT2D eigenvalue weighted by Crippen LogP contribution is -2.48. The fourth-order valence-electron chi connectivity index (χ4n) is 5.67. The van der Waals surface area contributed by atoms with Crippen LogP contribution < -0.4 is 9.62 Å². The van der Waals surface area contributed by atoms with Crippen LogP contribution in [0.1, 0.15) is 75.8 Å². The van der Waals surface area contributed by atoms with E-state index in [1.54, 1.807) is 11.8 Å². The minimum atomic E-state index is -2.44. The molecular weight excluding hydrogens is 454 g/mol. The first-order chi connectivity index (χ1) is 16.5. The third-order valence-electron chi connectivity index (χ3n) is 7.46. The number of anilines is 2. The van der Waals surface area contributed by atoms with Crippen molar-refractivity contribution in [3.8, 4) is 0 Å². The lowest BCUT2D eigenvalue weighted by atomic mass is 9.87. The molecule has 1 aromatic rings. The Hall–Kier alpha value is -2.13. The van der Waals surface area contributed by atoms with Crippen LogP contribution in [-0.4, -0.2) is 51.4 Å². The van der Waals surface area contributed by atoms with Gasteiger partial charge in [-0.1, -0.05) is 19.3 Å². The van der Waals surface area contributed by atoms with Crippen molar-refractivity contribution in [2.45, 2.75) is 83.6 Å². The van der Waals surface area contributed by atoms with E-state index in [1.807, 2.05) is 12.1 Å². The van der Waals surface area contributed by atoms with Gasteiger partial charge in [0.1, 0.15) is 0 Å². The van der Waals surface area contributed by atoms with Gasteiger partial charge >= 0.3 is 6.09 Å². The maximum atomic E-state index is 12.9. The molecule has 188 valence electrons. The highest BCUT2D eigenvalue weighted by atomic mass is 32.2. The van der Waals surface area contributed by atoms with E-state index in [1.165, 1.54) is 10.7 Å². The van der Waals surface area contributed by atoms with Crippen LogP contribution >= 0.6 is 0 Å². The number of nitrogens with zero attached hydrogens (tertiary/aromatic N) is 2. The van der Waals surface area contributed by atoms with Gasteiger partial charge in [0.25, 0.3) is 0 Å². The number of amides is 2. The van der Waals surface area contributed by atoms with Gasteiger partial charge in [0, 0.05) is 42.0 Å². The van der Waals surface area contributed by atoms with Gasteiger partial charge in [0.2, 0.25) is 5.91 Å². The lowest BCUT2D eigenvalue weighted by molar-refractivity contribution is -0.120. The van der Waals surface area contributed by atoms with Gasteiger partial charge in [-0.25, -0.2) is 4.79 Å². The molecule has 1 heterocycles. The maximum absolute atomic E-state index is 12.9. The number of nitrogens with one attached hydrogen (secondary N) is 1. The topological polar surface area (TPSA) is 102 Å². The second kappa shape index (κ2) is 11.5. The van der Waals surface area contributed by atoms with Crippen LogP contribution in [0.4, 0.5) is 16.2 Å². The Labute approximate surface area is 204 Å². The summed E-state index contributed by atoms with van der Waals surface area (Å²) in [6, 6.07) is 3.53. The van der Waals surface area contributed by atoms with Gasteiger partial charge in [-0.3, -0.25) is 13.3 Å². The van der Waals surface area contributed by atoms with Crippen LogP contribution in [0, 0.1) is 5.92 Å². The summed E-state index contributed by atoms with van der Waals surface area (Å²) in [6.45, 7) is 3.03. The van der Waals surface area contributed by atoms with Gasteiger partial charge in [0.15, 0.2) is 0 Å². The van der Waals surface area contributed by atoms with Gasteiger partial charge in [-0.2, -0.15) is 0 Å². The third kappa shape index (κ3) is 5.57. The molecule has 2 aliphatic carbocycles. The number of carbonyl (C=O) groups excluding carboxylic acids is 2. The second-order valence-electron chi connectivity index (χ2n) is 9.58. The lowest BCUT2D eigenvalue weighted by Gasteiger charge is -2.41. The summed E-state index contributed by atoms with van der Waals surface area (Å²) in [7, 11) is 0. The molecule has 8 nitrogen and oxygen atoms in total. The van der Waals surface area contributed by atoms with Gasteiger partial charge < -0.3 is 19.5 Å². The zero-order valence-electron chi connectivity index (χ0n) is 20.1. The van der Waals surface area contributed by atoms with E-state index < -0.39 is 11.3 Å². The van der Waals surface area contributed by atoms with Crippen LogP contribution in [-0.2, 0) is 33.6 Å². The predicted molar refractivity (Wildman–Crippen MR) is 131 cm³/mol. The second-order valence-corrected chi connectivity index (χ2v) is 10.4. The minimum absolute atomic E-state index is 0.0721. The zero-order chi connectivity index (χ0) is 24.1. The number of hydrogen-bond donors (Lipinski definition) is 1. The van der Waals surface area contributed by atoms with Crippen molar-refractivity contribution in [2.75, 3.05) is 29.3 Å². The Bertz CT molecular complexity index is 910. The van der Waals surface area contributed by atoms with Gasteiger partial charge in [0.05, 0.1) is 12.3 Å². The molecule has 1 aliphatic heterocycles. The van der Waals surface area contributed by atoms with Crippen LogP contribution in [0.25, 0.3) is 0 Å². The van der Waals surface area contributed by atoms with E-state index in [-0.39, 0.29) is 24.0 Å². The largest absolute Gasteiger partial charge is 0.755 e. The maximum Gasteiger partial charge on any atom is 0.409 e. The smallest absolute Gasteiger partial charge is 0.409 e. The molecule has 0 radical (unpaired) electrons. The van der Waals surface area contributed by atoms with Crippen molar-refractivity contribution in [3.05, 3.63) is 23.3 Å². The molecular formula is C25H36N3O5S-. The first-order valence-electron chi connectivity index (χ1n) is 12.8. The van der Waals surface area contributed by atoms with Crippen molar-refractivity contribution in [1.29, 1.82) is 0 Å². The van der Waals surface area contributed by atoms with E-state index in [4.69, 9.17) is 4.74 Å². The molecule has 1 aromatic carbocycles. The number of fused-ring (bicyclic) bond motifs is 1. The summed E-state index contributed by atoms with van der Waals surface area (Å²) < 4.78 is 31.4. The third-order valence-corrected chi connectivity index (χ3v) is 8.28. The molecule has 9 heteroatoms. The van der Waals surface area contributed by atoms with Crippen LogP contribution in [0.2, 0.25) is 0 Å². The van der Waals surface area contributed by atoms with Gasteiger partial charge in [-0.15, -0.1) is 0 Å². The number of benzene rings is 1. The summed E-state index contributed by atoms with van der Waals surface area (Å²) in [5.74, 6) is 0.165. The van der Waals surface area contributed by atoms with E-state index in [0.29, 0.717) is 38.2 Å². The summed E-state index contributed by atoms with van der Waals surface area (Å²) >= 11 is -2.44. The van der Waals surface area contributed by atoms with Crippen LogP contribution in [0.5, 0.6) is 0 Å². The van der Waals surface area contributed by atoms with Crippen molar-refractivity contribution in [1.82, 2.24) is 4.90 Å². The predicted octanol–water partition coefficient (Wildman–Crippen LogP) is 4.31. The van der Waals surface area contributed by atoms with Gasteiger partial charge in [-0.05, 0) is 81.5 Å². The van der Waals surface area contributed by atoms with E-state index in [0.717, 1.165) is 68.2 Å². The highest BCUT2D eigenvalue weighted by Crippen LogP contribution is 2.38. The molecule has 3 aliphatic rings. The molecule has 0 bridgehead atoms. The highest BCUT2D eigenvalue weighted by Gasteiger charge is 2.31. The fourth-order valence-corrected chi connectivity index (χ4v) is 6.45. The van der Waals surface area contributed by atoms with Crippen LogP contribution in [0.3, 0.4) is 0 Å². The highest BCUT2D eigenvalue weighted by molar-refractivity contribution is 7.80. The molecule has 1 atom stereocenters. The fraction of sp³-hybridized carbons (Fsp3) is 0.680. The normalized spacial score (nSPS) is 20.4. The Morgan fingerprint density at radius 2 is 1.74 bits per heavy atom. The van der Waals surface area contributed by atoms with Crippen molar-refractivity contribution < 1.29 is 23.1 Å². The summed E-state index contributed by atoms with van der Waals surface area (Å²) in [6.07, 6.45) is 9.74. The van der Waals surface area contributed by atoms with E-state index in [2.05, 4.69) is 5.32 Å². The SMILES string of the molecule is CCOC(=O)N1CCC(N(c2ccc(NC(=O)C3CCCCC3)c3c2CCCC3)S(=O)[O-])CC1. The van der Waals surface area contributed by atoms with E-state index in [9.17, 15) is 18.4 Å². The number of piperidine rings is 1.